The molecular formula is C24H27NO. The first-order valence-electron chi connectivity index (χ1n) is 10.1. The van der Waals surface area contributed by atoms with Gasteiger partial charge in [-0.3, -0.25) is 4.98 Å². The second-order valence-electron chi connectivity index (χ2n) is 8.91. The molecule has 0 atom stereocenters. The molecule has 4 aliphatic carbocycles. The van der Waals surface area contributed by atoms with Crippen molar-refractivity contribution in [2.75, 3.05) is 0 Å². The number of allylic oxidation sites excluding steroid dienone is 1. The molecular weight excluding hydrogens is 318 g/mol. The number of phenolic OH excluding ortho intramolecular Hbond substituents is 1. The zero-order chi connectivity index (χ0) is 17.7. The quantitative estimate of drug-likeness (QED) is 0.745. The Balaban J connectivity index is 1.53. The predicted molar refractivity (Wildman–Crippen MR) is 106 cm³/mol. The maximum atomic E-state index is 10.7. The average Bonchev–Trinajstić information content (AvgIpc) is 2.62. The molecule has 0 spiro atoms. The third-order valence-electron chi connectivity index (χ3n) is 7.05. The lowest BCUT2D eigenvalue weighted by molar-refractivity contribution is -0.00611. The van der Waals surface area contributed by atoms with Gasteiger partial charge in [-0.1, -0.05) is 18.2 Å². The number of hydrogen-bond donors (Lipinski definition) is 1. The zero-order valence-electron chi connectivity index (χ0n) is 15.5. The van der Waals surface area contributed by atoms with Crippen molar-refractivity contribution in [1.29, 1.82) is 0 Å². The van der Waals surface area contributed by atoms with Crippen molar-refractivity contribution in [3.63, 3.8) is 0 Å². The Kier molecular flexibility index (Phi) is 3.70. The lowest BCUT2D eigenvalue weighted by atomic mass is 9.48. The van der Waals surface area contributed by atoms with Gasteiger partial charge in [0.15, 0.2) is 0 Å². The van der Waals surface area contributed by atoms with E-state index >= 15 is 0 Å². The molecule has 0 amide bonds. The van der Waals surface area contributed by atoms with Crippen LogP contribution in [0.4, 0.5) is 0 Å². The van der Waals surface area contributed by atoms with Crippen LogP contribution >= 0.6 is 0 Å². The standard InChI is InChI=1S/C24H27NO/c1-2-3-16-4-6-22(25-15-16)20-5-7-23(26)21(11-20)24-12-17-8-18(13-24)10-19(9-17)14-24/h2-7,11,15,17-19,26H,8-10,12-14H2,1H3/b3-2+. The number of aromatic hydroxyl groups is 1. The molecule has 0 saturated heterocycles. The van der Waals surface area contributed by atoms with E-state index in [1.54, 1.807) is 0 Å². The van der Waals surface area contributed by atoms with Gasteiger partial charge in [0, 0.05) is 17.3 Å². The molecule has 1 heterocycles. The van der Waals surface area contributed by atoms with Gasteiger partial charge in [0.1, 0.15) is 5.75 Å². The van der Waals surface area contributed by atoms with Gasteiger partial charge < -0.3 is 5.11 Å². The van der Waals surface area contributed by atoms with Crippen molar-refractivity contribution < 1.29 is 5.11 Å². The molecule has 2 aromatic rings. The largest absolute Gasteiger partial charge is 0.508 e. The lowest BCUT2D eigenvalue weighted by Crippen LogP contribution is -2.48. The predicted octanol–water partition coefficient (Wildman–Crippen LogP) is 5.96. The zero-order valence-corrected chi connectivity index (χ0v) is 15.5. The van der Waals surface area contributed by atoms with Gasteiger partial charge in [0.05, 0.1) is 5.69 Å². The first-order chi connectivity index (χ1) is 12.6. The smallest absolute Gasteiger partial charge is 0.119 e. The second-order valence-corrected chi connectivity index (χ2v) is 8.91. The summed E-state index contributed by atoms with van der Waals surface area (Å²) >= 11 is 0. The number of pyridine rings is 1. The highest BCUT2D eigenvalue weighted by atomic mass is 16.3. The van der Waals surface area contributed by atoms with Gasteiger partial charge in [-0.15, -0.1) is 0 Å². The third kappa shape index (κ3) is 2.58. The number of aromatic nitrogens is 1. The molecule has 1 N–H and O–H groups in total. The first kappa shape index (κ1) is 16.1. The maximum Gasteiger partial charge on any atom is 0.119 e. The molecule has 4 fully saturated rings. The van der Waals surface area contributed by atoms with Crippen LogP contribution in [0.2, 0.25) is 0 Å². The van der Waals surface area contributed by atoms with E-state index < -0.39 is 0 Å². The lowest BCUT2D eigenvalue weighted by Gasteiger charge is -2.57. The Morgan fingerprint density at radius 1 is 1.00 bits per heavy atom. The molecule has 1 aromatic carbocycles. The summed E-state index contributed by atoms with van der Waals surface area (Å²) in [6.45, 7) is 2.02. The summed E-state index contributed by atoms with van der Waals surface area (Å²) in [6, 6.07) is 10.3. The summed E-state index contributed by atoms with van der Waals surface area (Å²) in [6.07, 6.45) is 14.1. The highest BCUT2D eigenvalue weighted by molar-refractivity contribution is 5.64. The topological polar surface area (TPSA) is 33.1 Å². The van der Waals surface area contributed by atoms with E-state index in [9.17, 15) is 5.11 Å². The molecule has 0 aliphatic heterocycles. The monoisotopic (exact) mass is 345 g/mol. The van der Waals surface area contributed by atoms with Gasteiger partial charge >= 0.3 is 0 Å². The number of phenols is 1. The van der Waals surface area contributed by atoms with Crippen LogP contribution in [-0.2, 0) is 5.41 Å². The molecule has 2 nitrogen and oxygen atoms in total. The first-order valence-corrected chi connectivity index (χ1v) is 10.1. The maximum absolute atomic E-state index is 10.7. The molecule has 134 valence electrons. The Bertz CT molecular complexity index is 814. The molecule has 0 radical (unpaired) electrons. The summed E-state index contributed by atoms with van der Waals surface area (Å²) in [5.41, 5.74) is 4.63. The molecule has 2 heteroatoms. The molecule has 26 heavy (non-hydrogen) atoms. The van der Waals surface area contributed by atoms with Gasteiger partial charge in [0.25, 0.3) is 0 Å². The molecule has 4 saturated carbocycles. The SMILES string of the molecule is C/C=C/c1ccc(-c2ccc(O)c(C34CC5CC(CC(C5)C3)C4)c2)nc1. The molecule has 4 bridgehead atoms. The second kappa shape index (κ2) is 5.97. The van der Waals surface area contributed by atoms with Crippen molar-refractivity contribution >= 4 is 6.08 Å². The number of benzene rings is 1. The van der Waals surface area contributed by atoms with E-state index in [2.05, 4.69) is 29.3 Å². The highest BCUT2D eigenvalue weighted by Crippen LogP contribution is 2.62. The van der Waals surface area contributed by atoms with Crippen LogP contribution in [0.3, 0.4) is 0 Å². The molecule has 4 aliphatic rings. The Morgan fingerprint density at radius 2 is 1.69 bits per heavy atom. The fourth-order valence-corrected chi connectivity index (χ4v) is 6.43. The van der Waals surface area contributed by atoms with E-state index in [4.69, 9.17) is 0 Å². The van der Waals surface area contributed by atoms with E-state index in [1.807, 2.05) is 31.3 Å². The fourth-order valence-electron chi connectivity index (χ4n) is 6.43. The van der Waals surface area contributed by atoms with Crippen molar-refractivity contribution in [3.8, 4) is 17.0 Å². The van der Waals surface area contributed by atoms with E-state index in [1.165, 1.54) is 44.1 Å². The fraction of sp³-hybridized carbons (Fsp3) is 0.458. The summed E-state index contributed by atoms with van der Waals surface area (Å²) in [7, 11) is 0. The third-order valence-corrected chi connectivity index (χ3v) is 7.05. The van der Waals surface area contributed by atoms with Crippen LogP contribution < -0.4 is 0 Å². The van der Waals surface area contributed by atoms with E-state index in [0.717, 1.165) is 34.6 Å². The van der Waals surface area contributed by atoms with Crippen LogP contribution in [0, 0.1) is 17.8 Å². The van der Waals surface area contributed by atoms with Gasteiger partial charge in [-0.25, -0.2) is 0 Å². The molecule has 1 aromatic heterocycles. The van der Waals surface area contributed by atoms with Crippen molar-refractivity contribution in [1.82, 2.24) is 4.98 Å². The Labute approximate surface area is 156 Å². The Morgan fingerprint density at radius 3 is 2.27 bits per heavy atom. The molecule has 6 rings (SSSR count). The number of rotatable bonds is 3. The van der Waals surface area contributed by atoms with E-state index in [-0.39, 0.29) is 5.41 Å². The van der Waals surface area contributed by atoms with Crippen molar-refractivity contribution in [2.24, 2.45) is 17.8 Å². The minimum Gasteiger partial charge on any atom is -0.508 e. The number of hydrogen-bond acceptors (Lipinski definition) is 2. The Hall–Kier alpha value is -2.09. The summed E-state index contributed by atoms with van der Waals surface area (Å²) in [5.74, 6) is 3.12. The summed E-state index contributed by atoms with van der Waals surface area (Å²) in [5, 5.41) is 10.7. The normalized spacial score (nSPS) is 32.4. The van der Waals surface area contributed by atoms with Gasteiger partial charge in [-0.2, -0.15) is 0 Å². The van der Waals surface area contributed by atoms with Gasteiger partial charge in [-0.05, 0) is 98.4 Å². The average molecular weight is 345 g/mol. The summed E-state index contributed by atoms with van der Waals surface area (Å²) < 4.78 is 0. The van der Waals surface area contributed by atoms with Crippen LogP contribution in [0.1, 0.15) is 56.6 Å². The summed E-state index contributed by atoms with van der Waals surface area (Å²) in [4.78, 5) is 4.65. The van der Waals surface area contributed by atoms with Crippen LogP contribution in [-0.4, -0.2) is 10.1 Å². The van der Waals surface area contributed by atoms with Crippen molar-refractivity contribution in [2.45, 2.75) is 50.9 Å². The van der Waals surface area contributed by atoms with Crippen LogP contribution in [0.5, 0.6) is 5.75 Å². The number of nitrogens with zero attached hydrogens (tertiary/aromatic N) is 1. The minimum atomic E-state index is 0.208. The van der Waals surface area contributed by atoms with Crippen LogP contribution in [0.25, 0.3) is 17.3 Å². The van der Waals surface area contributed by atoms with Crippen LogP contribution in [0.15, 0.2) is 42.6 Å². The van der Waals surface area contributed by atoms with E-state index in [0.29, 0.717) is 5.75 Å². The molecule has 0 unspecified atom stereocenters. The minimum absolute atomic E-state index is 0.208. The highest BCUT2D eigenvalue weighted by Gasteiger charge is 2.52. The van der Waals surface area contributed by atoms with Gasteiger partial charge in [0.2, 0.25) is 0 Å². The van der Waals surface area contributed by atoms with Crippen molar-refractivity contribution in [3.05, 3.63) is 53.7 Å².